The summed E-state index contributed by atoms with van der Waals surface area (Å²) in [7, 11) is 0. The molecular formula is C14H9BrCl2FNO. The number of amides is 1. The van der Waals surface area contributed by atoms with Crippen LogP contribution in [0.4, 0.5) is 4.39 Å². The van der Waals surface area contributed by atoms with Gasteiger partial charge in [-0.05, 0) is 30.3 Å². The smallest absolute Gasteiger partial charge is 0.253 e. The Morgan fingerprint density at radius 3 is 2.75 bits per heavy atom. The van der Waals surface area contributed by atoms with Crippen molar-refractivity contribution in [3.05, 3.63) is 67.9 Å². The maximum Gasteiger partial charge on any atom is 0.253 e. The molecule has 0 atom stereocenters. The number of halogens is 4. The van der Waals surface area contributed by atoms with E-state index in [1.54, 1.807) is 30.3 Å². The first-order chi connectivity index (χ1) is 9.49. The number of rotatable bonds is 3. The van der Waals surface area contributed by atoms with Crippen molar-refractivity contribution >= 4 is 45.0 Å². The van der Waals surface area contributed by atoms with Crippen molar-refractivity contribution in [2.75, 3.05) is 0 Å². The first-order valence-electron chi connectivity index (χ1n) is 5.65. The van der Waals surface area contributed by atoms with E-state index < -0.39 is 5.91 Å². The predicted molar refractivity (Wildman–Crippen MR) is 81.7 cm³/mol. The number of carbonyl (C=O) groups excluding carboxylic acids is 1. The molecule has 0 aliphatic carbocycles. The van der Waals surface area contributed by atoms with Crippen LogP contribution in [-0.4, -0.2) is 5.91 Å². The molecule has 2 nitrogen and oxygen atoms in total. The van der Waals surface area contributed by atoms with Crippen LogP contribution in [0.3, 0.4) is 0 Å². The summed E-state index contributed by atoms with van der Waals surface area (Å²) in [6.07, 6.45) is 0. The lowest BCUT2D eigenvalue weighted by Crippen LogP contribution is -2.23. The highest BCUT2D eigenvalue weighted by atomic mass is 79.9. The molecule has 0 saturated carbocycles. The highest BCUT2D eigenvalue weighted by Crippen LogP contribution is 2.25. The van der Waals surface area contributed by atoms with Crippen molar-refractivity contribution in [1.29, 1.82) is 0 Å². The number of carbonyl (C=O) groups is 1. The van der Waals surface area contributed by atoms with Crippen molar-refractivity contribution in [2.24, 2.45) is 0 Å². The van der Waals surface area contributed by atoms with E-state index in [2.05, 4.69) is 21.2 Å². The van der Waals surface area contributed by atoms with Crippen LogP contribution in [0.5, 0.6) is 0 Å². The standard InChI is InChI=1S/C14H9BrCl2FNO/c15-9-4-5-12(18)8(6-9)7-19-14(20)10-2-1-3-11(16)13(10)17/h1-6H,7H2,(H,19,20). The summed E-state index contributed by atoms with van der Waals surface area (Å²) in [6.45, 7) is 0.0624. The maximum atomic E-state index is 13.5. The van der Waals surface area contributed by atoms with Gasteiger partial charge in [-0.25, -0.2) is 4.39 Å². The molecular weight excluding hydrogens is 368 g/mol. The van der Waals surface area contributed by atoms with Gasteiger partial charge in [0, 0.05) is 16.6 Å². The molecule has 0 aliphatic rings. The Balaban J connectivity index is 2.13. The van der Waals surface area contributed by atoms with E-state index in [0.29, 0.717) is 10.6 Å². The molecule has 0 fully saturated rings. The lowest BCUT2D eigenvalue weighted by atomic mass is 10.2. The van der Waals surface area contributed by atoms with Gasteiger partial charge in [-0.2, -0.15) is 0 Å². The summed E-state index contributed by atoms with van der Waals surface area (Å²) in [5.41, 5.74) is 0.639. The molecule has 0 unspecified atom stereocenters. The van der Waals surface area contributed by atoms with Crippen LogP contribution in [0, 0.1) is 5.82 Å². The van der Waals surface area contributed by atoms with Crippen LogP contribution >= 0.6 is 39.1 Å². The highest BCUT2D eigenvalue weighted by Gasteiger charge is 2.13. The average molecular weight is 377 g/mol. The number of nitrogens with one attached hydrogen (secondary N) is 1. The number of benzene rings is 2. The zero-order valence-corrected chi connectivity index (χ0v) is 13.2. The molecule has 6 heteroatoms. The summed E-state index contributed by atoms with van der Waals surface area (Å²) in [4.78, 5) is 12.0. The Labute approximate surface area is 134 Å². The second kappa shape index (κ2) is 6.57. The maximum absolute atomic E-state index is 13.5. The van der Waals surface area contributed by atoms with Gasteiger partial charge in [0.1, 0.15) is 5.82 Å². The fourth-order valence-electron chi connectivity index (χ4n) is 1.63. The molecule has 20 heavy (non-hydrogen) atoms. The Morgan fingerprint density at radius 2 is 2.00 bits per heavy atom. The number of hydrogen-bond donors (Lipinski definition) is 1. The van der Waals surface area contributed by atoms with Gasteiger partial charge in [0.05, 0.1) is 15.6 Å². The SMILES string of the molecule is O=C(NCc1cc(Br)ccc1F)c1cccc(Cl)c1Cl. The van der Waals surface area contributed by atoms with E-state index in [4.69, 9.17) is 23.2 Å². The van der Waals surface area contributed by atoms with E-state index in [0.717, 1.165) is 4.47 Å². The highest BCUT2D eigenvalue weighted by molar-refractivity contribution is 9.10. The minimum atomic E-state index is -0.406. The van der Waals surface area contributed by atoms with Gasteiger partial charge in [-0.3, -0.25) is 4.79 Å². The van der Waals surface area contributed by atoms with Crippen LogP contribution in [0.25, 0.3) is 0 Å². The molecule has 1 N–H and O–H groups in total. The number of hydrogen-bond acceptors (Lipinski definition) is 1. The molecule has 0 spiro atoms. The second-order valence-corrected chi connectivity index (χ2v) is 5.72. The summed E-state index contributed by atoms with van der Waals surface area (Å²) in [6, 6.07) is 9.31. The Morgan fingerprint density at radius 1 is 1.25 bits per heavy atom. The van der Waals surface area contributed by atoms with Crippen molar-refractivity contribution in [2.45, 2.75) is 6.54 Å². The topological polar surface area (TPSA) is 29.1 Å². The summed E-state index contributed by atoms with van der Waals surface area (Å²) in [5.74, 6) is -0.789. The summed E-state index contributed by atoms with van der Waals surface area (Å²) >= 11 is 15.0. The molecule has 0 aliphatic heterocycles. The molecule has 104 valence electrons. The zero-order chi connectivity index (χ0) is 14.7. The van der Waals surface area contributed by atoms with Gasteiger partial charge in [0.2, 0.25) is 0 Å². The van der Waals surface area contributed by atoms with Crippen molar-refractivity contribution < 1.29 is 9.18 Å². The molecule has 2 rings (SSSR count). The van der Waals surface area contributed by atoms with Crippen LogP contribution in [0.2, 0.25) is 10.0 Å². The molecule has 1 amide bonds. The van der Waals surface area contributed by atoms with Crippen LogP contribution in [0.15, 0.2) is 40.9 Å². The largest absolute Gasteiger partial charge is 0.348 e. The van der Waals surface area contributed by atoms with Gasteiger partial charge < -0.3 is 5.32 Å². The normalized spacial score (nSPS) is 10.4. The third-order valence-corrected chi connectivity index (χ3v) is 3.96. The Kier molecular flexibility index (Phi) is 5.02. The molecule has 0 saturated heterocycles. The molecule has 2 aromatic rings. The predicted octanol–water partition coefficient (Wildman–Crippen LogP) is 4.83. The fourth-order valence-corrected chi connectivity index (χ4v) is 2.42. The minimum Gasteiger partial charge on any atom is -0.348 e. The molecule has 0 bridgehead atoms. The Bertz CT molecular complexity index is 664. The molecule has 0 radical (unpaired) electrons. The van der Waals surface area contributed by atoms with E-state index in [1.807, 2.05) is 0 Å². The monoisotopic (exact) mass is 375 g/mol. The van der Waals surface area contributed by atoms with Gasteiger partial charge in [-0.1, -0.05) is 45.2 Å². The van der Waals surface area contributed by atoms with Gasteiger partial charge >= 0.3 is 0 Å². The zero-order valence-electron chi connectivity index (χ0n) is 10.1. The van der Waals surface area contributed by atoms with E-state index in [1.165, 1.54) is 6.07 Å². The van der Waals surface area contributed by atoms with Crippen molar-refractivity contribution in [3.63, 3.8) is 0 Å². The summed E-state index contributed by atoms with van der Waals surface area (Å²) in [5, 5.41) is 3.09. The van der Waals surface area contributed by atoms with E-state index in [-0.39, 0.29) is 22.9 Å². The van der Waals surface area contributed by atoms with Crippen molar-refractivity contribution in [1.82, 2.24) is 5.32 Å². The van der Waals surface area contributed by atoms with Gasteiger partial charge in [0.15, 0.2) is 0 Å². The second-order valence-electron chi connectivity index (χ2n) is 4.02. The van der Waals surface area contributed by atoms with Crippen LogP contribution in [-0.2, 0) is 6.54 Å². The van der Waals surface area contributed by atoms with Gasteiger partial charge in [0.25, 0.3) is 5.91 Å². The van der Waals surface area contributed by atoms with Crippen LogP contribution < -0.4 is 5.32 Å². The van der Waals surface area contributed by atoms with E-state index >= 15 is 0 Å². The third-order valence-electron chi connectivity index (χ3n) is 2.64. The molecule has 2 aromatic carbocycles. The first kappa shape index (κ1) is 15.3. The molecule has 0 aromatic heterocycles. The van der Waals surface area contributed by atoms with Crippen molar-refractivity contribution in [3.8, 4) is 0 Å². The molecule has 0 heterocycles. The third kappa shape index (κ3) is 3.51. The van der Waals surface area contributed by atoms with Crippen LogP contribution in [0.1, 0.15) is 15.9 Å². The first-order valence-corrected chi connectivity index (χ1v) is 7.20. The average Bonchev–Trinajstić information content (AvgIpc) is 2.42. The lowest BCUT2D eigenvalue weighted by Gasteiger charge is -2.08. The quantitative estimate of drug-likeness (QED) is 0.816. The fraction of sp³-hybridized carbons (Fsp3) is 0.0714. The van der Waals surface area contributed by atoms with Gasteiger partial charge in [-0.15, -0.1) is 0 Å². The minimum absolute atomic E-state index is 0.0624. The summed E-state index contributed by atoms with van der Waals surface area (Å²) < 4.78 is 14.3. The van der Waals surface area contributed by atoms with E-state index in [9.17, 15) is 9.18 Å². The lowest BCUT2D eigenvalue weighted by molar-refractivity contribution is 0.0950. The Hall–Kier alpha value is -1.10.